The maximum Gasteiger partial charge on any atom is 0.245 e. The number of nitriles is 1. The Balaban J connectivity index is 2.39. The normalized spacial score (nSPS) is 9.71. The van der Waals surface area contributed by atoms with Crippen LogP contribution in [0.2, 0.25) is 0 Å². The summed E-state index contributed by atoms with van der Waals surface area (Å²) in [6.45, 7) is 1.82. The molecule has 2 aromatic heterocycles. The Morgan fingerprint density at radius 1 is 1.29 bits per heavy atom. The lowest BCUT2D eigenvalue weighted by Crippen LogP contribution is -1.83. The molecule has 0 aliphatic carbocycles. The van der Waals surface area contributed by atoms with Crippen LogP contribution in [0.3, 0.4) is 0 Å². The third-order valence-electron chi connectivity index (χ3n) is 1.73. The molecule has 0 saturated carbocycles. The summed E-state index contributed by atoms with van der Waals surface area (Å²) in [5.41, 5.74) is 1.16. The predicted molar refractivity (Wildman–Crippen MR) is 49.2 cm³/mol. The largest absolute Gasteiger partial charge is 0.440 e. The van der Waals surface area contributed by atoms with Crippen molar-refractivity contribution in [1.29, 1.82) is 5.26 Å². The summed E-state index contributed by atoms with van der Waals surface area (Å²) in [7, 11) is 0. The third-order valence-corrected chi connectivity index (χ3v) is 1.73. The molecule has 0 N–H and O–H groups in total. The number of hydrogen-bond donors (Lipinski definition) is 0. The number of aromatic nitrogens is 2. The SMILES string of the molecule is Cc1cnc(-c2ccc(C#N)cn2)o1. The minimum atomic E-state index is 0.479. The number of nitrogens with zero attached hydrogens (tertiary/aromatic N) is 3. The molecular formula is C10H7N3O. The fourth-order valence-corrected chi connectivity index (χ4v) is 1.06. The van der Waals surface area contributed by atoms with E-state index in [1.165, 1.54) is 6.20 Å². The van der Waals surface area contributed by atoms with Gasteiger partial charge in [0, 0.05) is 6.20 Å². The van der Waals surface area contributed by atoms with Gasteiger partial charge in [0.25, 0.3) is 0 Å². The molecule has 4 heteroatoms. The summed E-state index contributed by atoms with van der Waals surface area (Å²) < 4.78 is 5.29. The molecule has 0 aliphatic rings. The molecule has 4 nitrogen and oxygen atoms in total. The molecule has 2 heterocycles. The van der Waals surface area contributed by atoms with Crippen LogP contribution in [0.15, 0.2) is 28.9 Å². The molecule has 0 bridgehead atoms. The van der Waals surface area contributed by atoms with E-state index in [4.69, 9.17) is 9.68 Å². The van der Waals surface area contributed by atoms with Crippen LogP contribution >= 0.6 is 0 Å². The Kier molecular flexibility index (Phi) is 1.99. The van der Waals surface area contributed by atoms with Gasteiger partial charge >= 0.3 is 0 Å². The lowest BCUT2D eigenvalue weighted by molar-refractivity contribution is 0.540. The fraction of sp³-hybridized carbons (Fsp3) is 0.100. The summed E-state index contributed by atoms with van der Waals surface area (Å²) in [4.78, 5) is 8.08. The molecule has 14 heavy (non-hydrogen) atoms. The van der Waals surface area contributed by atoms with E-state index in [2.05, 4.69) is 9.97 Å². The van der Waals surface area contributed by atoms with Crippen molar-refractivity contribution >= 4 is 0 Å². The van der Waals surface area contributed by atoms with Crippen molar-refractivity contribution < 1.29 is 4.42 Å². The van der Waals surface area contributed by atoms with Gasteiger partial charge in [0.1, 0.15) is 17.5 Å². The van der Waals surface area contributed by atoms with Crippen molar-refractivity contribution in [2.45, 2.75) is 6.92 Å². The average Bonchev–Trinajstić information content (AvgIpc) is 2.65. The second-order valence-electron chi connectivity index (χ2n) is 2.82. The Bertz CT molecular complexity index is 479. The first kappa shape index (κ1) is 8.45. The van der Waals surface area contributed by atoms with Crippen LogP contribution in [-0.4, -0.2) is 9.97 Å². The second-order valence-corrected chi connectivity index (χ2v) is 2.82. The number of aryl methyl sites for hydroxylation is 1. The molecule has 0 aliphatic heterocycles. The lowest BCUT2D eigenvalue weighted by atomic mass is 10.3. The molecule has 2 aromatic rings. The summed E-state index contributed by atoms with van der Waals surface area (Å²) in [6, 6.07) is 5.39. The lowest BCUT2D eigenvalue weighted by Gasteiger charge is -1.93. The highest BCUT2D eigenvalue weighted by molar-refractivity contribution is 5.48. The Labute approximate surface area is 80.8 Å². The monoisotopic (exact) mass is 185 g/mol. The number of hydrogen-bond acceptors (Lipinski definition) is 4. The number of pyridine rings is 1. The van der Waals surface area contributed by atoms with Crippen molar-refractivity contribution in [2.24, 2.45) is 0 Å². The van der Waals surface area contributed by atoms with Crippen LogP contribution < -0.4 is 0 Å². The molecule has 0 saturated heterocycles. The van der Waals surface area contributed by atoms with E-state index < -0.39 is 0 Å². The minimum Gasteiger partial charge on any atom is -0.440 e. The highest BCUT2D eigenvalue weighted by Gasteiger charge is 2.04. The summed E-state index contributed by atoms with van der Waals surface area (Å²) >= 11 is 0. The third kappa shape index (κ3) is 1.48. The van der Waals surface area contributed by atoms with E-state index in [1.807, 2.05) is 13.0 Å². The van der Waals surface area contributed by atoms with Crippen molar-refractivity contribution in [3.05, 3.63) is 35.9 Å². The van der Waals surface area contributed by atoms with Gasteiger partial charge in [0.05, 0.1) is 11.8 Å². The zero-order valence-corrected chi connectivity index (χ0v) is 7.56. The summed E-state index contributed by atoms with van der Waals surface area (Å²) in [5.74, 6) is 1.22. The molecule has 0 unspecified atom stereocenters. The summed E-state index contributed by atoms with van der Waals surface area (Å²) in [5, 5.41) is 8.57. The molecule has 0 aromatic carbocycles. The van der Waals surface area contributed by atoms with Gasteiger partial charge in [-0.1, -0.05) is 0 Å². The topological polar surface area (TPSA) is 62.7 Å². The number of oxazole rings is 1. The van der Waals surface area contributed by atoms with E-state index in [0.717, 1.165) is 5.76 Å². The van der Waals surface area contributed by atoms with Gasteiger partial charge in [-0.25, -0.2) is 9.97 Å². The first-order valence-electron chi connectivity index (χ1n) is 4.08. The van der Waals surface area contributed by atoms with E-state index in [9.17, 15) is 0 Å². The molecule has 2 rings (SSSR count). The Morgan fingerprint density at radius 3 is 2.64 bits per heavy atom. The van der Waals surface area contributed by atoms with E-state index in [-0.39, 0.29) is 0 Å². The maximum atomic E-state index is 8.57. The van der Waals surface area contributed by atoms with Crippen molar-refractivity contribution in [2.75, 3.05) is 0 Å². The highest BCUT2D eigenvalue weighted by Crippen LogP contribution is 2.15. The predicted octanol–water partition coefficient (Wildman–Crippen LogP) is 1.92. The van der Waals surface area contributed by atoms with E-state index >= 15 is 0 Å². The standard InChI is InChI=1S/C10H7N3O/c1-7-5-13-10(14-7)9-3-2-8(4-11)6-12-9/h2-3,5-6H,1H3. The van der Waals surface area contributed by atoms with Crippen LogP contribution in [0.25, 0.3) is 11.6 Å². The first-order valence-corrected chi connectivity index (χ1v) is 4.08. The first-order chi connectivity index (χ1) is 6.79. The van der Waals surface area contributed by atoms with Gasteiger partial charge in [0.15, 0.2) is 0 Å². The smallest absolute Gasteiger partial charge is 0.245 e. The van der Waals surface area contributed by atoms with Crippen LogP contribution in [0.4, 0.5) is 0 Å². The highest BCUT2D eigenvalue weighted by atomic mass is 16.4. The second kappa shape index (κ2) is 3.30. The Hall–Kier alpha value is -2.15. The molecule has 0 radical (unpaired) electrons. The van der Waals surface area contributed by atoms with Gasteiger partial charge in [-0.3, -0.25) is 0 Å². The van der Waals surface area contributed by atoms with Gasteiger partial charge in [0.2, 0.25) is 5.89 Å². The van der Waals surface area contributed by atoms with E-state index in [0.29, 0.717) is 17.1 Å². The quantitative estimate of drug-likeness (QED) is 0.680. The molecule has 0 amide bonds. The zero-order chi connectivity index (χ0) is 9.97. The minimum absolute atomic E-state index is 0.479. The van der Waals surface area contributed by atoms with Crippen molar-refractivity contribution in [3.63, 3.8) is 0 Å². The van der Waals surface area contributed by atoms with Gasteiger partial charge in [-0.15, -0.1) is 0 Å². The molecule has 0 fully saturated rings. The van der Waals surface area contributed by atoms with Crippen LogP contribution in [0, 0.1) is 18.3 Å². The zero-order valence-electron chi connectivity index (χ0n) is 7.56. The van der Waals surface area contributed by atoms with Crippen molar-refractivity contribution in [1.82, 2.24) is 9.97 Å². The fourth-order valence-electron chi connectivity index (χ4n) is 1.06. The average molecular weight is 185 g/mol. The van der Waals surface area contributed by atoms with Gasteiger partial charge in [-0.2, -0.15) is 5.26 Å². The van der Waals surface area contributed by atoms with E-state index in [1.54, 1.807) is 18.3 Å². The van der Waals surface area contributed by atoms with Crippen molar-refractivity contribution in [3.8, 4) is 17.7 Å². The Morgan fingerprint density at radius 2 is 2.14 bits per heavy atom. The van der Waals surface area contributed by atoms with Crippen LogP contribution in [-0.2, 0) is 0 Å². The van der Waals surface area contributed by atoms with Crippen LogP contribution in [0.1, 0.15) is 11.3 Å². The summed E-state index contributed by atoms with van der Waals surface area (Å²) in [6.07, 6.45) is 3.13. The van der Waals surface area contributed by atoms with Gasteiger partial charge in [-0.05, 0) is 19.1 Å². The molecule has 0 atom stereocenters. The number of rotatable bonds is 1. The van der Waals surface area contributed by atoms with Crippen LogP contribution in [0.5, 0.6) is 0 Å². The maximum absolute atomic E-state index is 8.57. The van der Waals surface area contributed by atoms with Gasteiger partial charge < -0.3 is 4.42 Å². The molecule has 68 valence electrons. The molecule has 0 spiro atoms. The molecular weight excluding hydrogens is 178 g/mol.